The van der Waals surface area contributed by atoms with E-state index in [-0.39, 0.29) is 11.7 Å². The lowest BCUT2D eigenvalue weighted by Crippen LogP contribution is -2.44. The predicted octanol–water partition coefficient (Wildman–Crippen LogP) is 3.50. The number of carbonyl (C=O) groups is 1. The summed E-state index contributed by atoms with van der Waals surface area (Å²) in [4.78, 5) is 14.8. The number of aryl methyl sites for hydroxylation is 2. The lowest BCUT2D eigenvalue weighted by molar-refractivity contribution is -0.123. The van der Waals surface area contributed by atoms with Crippen LogP contribution in [0.4, 0.5) is 0 Å². The smallest absolute Gasteiger partial charge is 0.254 e. The molecule has 0 spiro atoms. The molecule has 0 radical (unpaired) electrons. The summed E-state index contributed by atoms with van der Waals surface area (Å²) in [6, 6.07) is 13.7. The first-order valence-electron chi connectivity index (χ1n) is 10.6. The van der Waals surface area contributed by atoms with Crippen LogP contribution in [0, 0.1) is 6.92 Å². The normalized spacial score (nSPS) is 18.6. The van der Waals surface area contributed by atoms with Crippen LogP contribution in [0.15, 0.2) is 47.6 Å². The van der Waals surface area contributed by atoms with E-state index in [9.17, 15) is 9.90 Å². The number of carbonyl (C=O) groups excluding carboxylic acids is 1. The predicted molar refractivity (Wildman–Crippen MR) is 118 cm³/mol. The molecule has 1 aliphatic carbocycles. The van der Waals surface area contributed by atoms with Gasteiger partial charge in [-0.2, -0.15) is 5.10 Å². The van der Waals surface area contributed by atoms with E-state index in [1.165, 1.54) is 27.7 Å². The standard InChI is InChI=1S/C24H26N4O2/c1-16-5-10-21-20(13-16)19-3-2-4-22-24(19)28(21)12-11-27(22)15-23(30)26-25-14-17-6-8-18(29)9-7-17/h5-10,13-14,22,29H,2-4,11-12,15H2,1H3,(H,26,30)/b25-14+/t22-/m0/s1. The summed E-state index contributed by atoms with van der Waals surface area (Å²) >= 11 is 0. The number of phenolic OH excluding ortho intramolecular Hbond substituents is 1. The van der Waals surface area contributed by atoms with Gasteiger partial charge < -0.3 is 9.67 Å². The van der Waals surface area contributed by atoms with Crippen LogP contribution in [0.5, 0.6) is 5.75 Å². The molecule has 2 heterocycles. The second kappa shape index (κ2) is 7.61. The summed E-state index contributed by atoms with van der Waals surface area (Å²) in [7, 11) is 0. The van der Waals surface area contributed by atoms with E-state index in [0.717, 1.165) is 37.9 Å². The maximum Gasteiger partial charge on any atom is 0.254 e. The van der Waals surface area contributed by atoms with Gasteiger partial charge in [-0.15, -0.1) is 0 Å². The van der Waals surface area contributed by atoms with Crippen LogP contribution in [-0.2, 0) is 17.8 Å². The summed E-state index contributed by atoms with van der Waals surface area (Å²) in [6.45, 7) is 4.27. The largest absolute Gasteiger partial charge is 0.508 e. The number of amides is 1. The summed E-state index contributed by atoms with van der Waals surface area (Å²) < 4.78 is 2.48. The first-order valence-corrected chi connectivity index (χ1v) is 10.6. The molecule has 2 aliphatic rings. The third-order valence-electron chi connectivity index (χ3n) is 6.28. The molecule has 1 aromatic heterocycles. The Morgan fingerprint density at radius 2 is 2.07 bits per heavy atom. The van der Waals surface area contributed by atoms with E-state index < -0.39 is 0 Å². The Morgan fingerprint density at radius 3 is 2.90 bits per heavy atom. The van der Waals surface area contributed by atoms with Crippen molar-refractivity contribution in [1.82, 2.24) is 14.9 Å². The van der Waals surface area contributed by atoms with Crippen molar-refractivity contribution in [2.75, 3.05) is 13.1 Å². The molecule has 1 atom stereocenters. The molecule has 30 heavy (non-hydrogen) atoms. The van der Waals surface area contributed by atoms with Gasteiger partial charge in [0.25, 0.3) is 5.91 Å². The second-order valence-electron chi connectivity index (χ2n) is 8.30. The van der Waals surface area contributed by atoms with Gasteiger partial charge in [0.15, 0.2) is 0 Å². The number of hydrazone groups is 1. The first kappa shape index (κ1) is 18.9. The van der Waals surface area contributed by atoms with Crippen LogP contribution in [0.3, 0.4) is 0 Å². The summed E-state index contributed by atoms with van der Waals surface area (Å²) in [5, 5.41) is 14.8. The van der Waals surface area contributed by atoms with Crippen LogP contribution < -0.4 is 5.43 Å². The minimum Gasteiger partial charge on any atom is -0.508 e. The monoisotopic (exact) mass is 402 g/mol. The van der Waals surface area contributed by atoms with Crippen molar-refractivity contribution in [2.45, 2.75) is 38.8 Å². The van der Waals surface area contributed by atoms with Crippen molar-refractivity contribution >= 4 is 23.0 Å². The molecule has 5 rings (SSSR count). The molecule has 2 aromatic carbocycles. The molecular formula is C24H26N4O2. The van der Waals surface area contributed by atoms with Gasteiger partial charge in [-0.1, -0.05) is 11.6 Å². The maximum atomic E-state index is 12.5. The lowest BCUT2D eigenvalue weighted by Gasteiger charge is -2.39. The number of benzene rings is 2. The maximum absolute atomic E-state index is 12.5. The summed E-state index contributed by atoms with van der Waals surface area (Å²) in [6.07, 6.45) is 4.95. The number of rotatable bonds is 4. The number of aromatic nitrogens is 1. The van der Waals surface area contributed by atoms with Crippen LogP contribution in [0.2, 0.25) is 0 Å². The van der Waals surface area contributed by atoms with Crippen molar-refractivity contribution in [2.24, 2.45) is 5.10 Å². The van der Waals surface area contributed by atoms with Gasteiger partial charge >= 0.3 is 0 Å². The summed E-state index contributed by atoms with van der Waals surface area (Å²) in [5.41, 5.74) is 8.98. The molecule has 6 heteroatoms. The lowest BCUT2D eigenvalue weighted by atomic mass is 9.89. The van der Waals surface area contributed by atoms with E-state index in [1.807, 2.05) is 0 Å². The first-order chi connectivity index (χ1) is 14.6. The van der Waals surface area contributed by atoms with E-state index in [4.69, 9.17) is 0 Å². The molecule has 2 N–H and O–H groups in total. The molecule has 1 aliphatic heterocycles. The van der Waals surface area contributed by atoms with E-state index in [1.54, 1.807) is 30.5 Å². The number of phenols is 1. The van der Waals surface area contributed by atoms with Gasteiger partial charge in [-0.3, -0.25) is 9.69 Å². The quantitative estimate of drug-likeness (QED) is 0.518. The molecule has 0 saturated heterocycles. The highest BCUT2D eigenvalue weighted by atomic mass is 16.3. The molecule has 3 aromatic rings. The van der Waals surface area contributed by atoms with Gasteiger partial charge in [0, 0.05) is 29.7 Å². The Kier molecular flexibility index (Phi) is 4.79. The molecule has 0 saturated carbocycles. The highest BCUT2D eigenvalue weighted by Gasteiger charge is 2.35. The minimum atomic E-state index is -0.0995. The number of aromatic hydroxyl groups is 1. The Morgan fingerprint density at radius 1 is 1.23 bits per heavy atom. The Bertz CT molecular complexity index is 1130. The average molecular weight is 402 g/mol. The van der Waals surface area contributed by atoms with Gasteiger partial charge in [0.1, 0.15) is 5.75 Å². The molecule has 0 fully saturated rings. The Balaban J connectivity index is 1.32. The van der Waals surface area contributed by atoms with Crippen molar-refractivity contribution in [1.29, 1.82) is 0 Å². The topological polar surface area (TPSA) is 69.9 Å². The molecular weight excluding hydrogens is 376 g/mol. The van der Waals surface area contributed by atoms with E-state index in [2.05, 4.69) is 45.1 Å². The molecule has 1 amide bonds. The average Bonchev–Trinajstić information content (AvgIpc) is 3.06. The van der Waals surface area contributed by atoms with Crippen molar-refractivity contribution in [3.8, 4) is 5.75 Å². The molecule has 0 unspecified atom stereocenters. The molecule has 0 bridgehead atoms. The zero-order chi connectivity index (χ0) is 20.7. The van der Waals surface area contributed by atoms with Crippen LogP contribution in [0.1, 0.15) is 41.3 Å². The number of hydrogen-bond acceptors (Lipinski definition) is 4. The minimum absolute atomic E-state index is 0.0995. The third-order valence-corrected chi connectivity index (χ3v) is 6.28. The molecule has 154 valence electrons. The number of fused-ring (bicyclic) bond motifs is 3. The van der Waals surface area contributed by atoms with E-state index in [0.29, 0.717) is 12.6 Å². The second-order valence-corrected chi connectivity index (χ2v) is 8.30. The number of nitrogens with zero attached hydrogens (tertiary/aromatic N) is 3. The van der Waals surface area contributed by atoms with Gasteiger partial charge in [-0.25, -0.2) is 5.43 Å². The number of nitrogens with one attached hydrogen (secondary N) is 1. The van der Waals surface area contributed by atoms with Crippen LogP contribution >= 0.6 is 0 Å². The summed E-state index contributed by atoms with van der Waals surface area (Å²) in [5.74, 6) is 0.110. The number of hydrogen-bond donors (Lipinski definition) is 2. The van der Waals surface area contributed by atoms with Gasteiger partial charge in [0.2, 0.25) is 0 Å². The fraction of sp³-hybridized carbons (Fsp3) is 0.333. The van der Waals surface area contributed by atoms with Crippen molar-refractivity contribution in [3.63, 3.8) is 0 Å². The van der Waals surface area contributed by atoms with Crippen LogP contribution in [0.25, 0.3) is 10.9 Å². The molecule has 6 nitrogen and oxygen atoms in total. The van der Waals surface area contributed by atoms with Crippen LogP contribution in [-0.4, -0.2) is 39.8 Å². The third kappa shape index (κ3) is 3.37. The van der Waals surface area contributed by atoms with Crippen molar-refractivity contribution in [3.05, 3.63) is 64.8 Å². The highest BCUT2D eigenvalue weighted by molar-refractivity contribution is 5.87. The zero-order valence-electron chi connectivity index (χ0n) is 17.1. The zero-order valence-corrected chi connectivity index (χ0v) is 17.1. The Labute approximate surface area is 175 Å². The van der Waals surface area contributed by atoms with Crippen molar-refractivity contribution < 1.29 is 9.90 Å². The fourth-order valence-electron chi connectivity index (χ4n) is 4.94. The van der Waals surface area contributed by atoms with E-state index >= 15 is 0 Å². The highest BCUT2D eigenvalue weighted by Crippen LogP contribution is 2.42. The van der Waals surface area contributed by atoms with Gasteiger partial charge in [-0.05, 0) is 73.7 Å². The fourth-order valence-corrected chi connectivity index (χ4v) is 4.94. The Hall–Kier alpha value is -3.12. The SMILES string of the molecule is Cc1ccc2c(c1)c1c3n2CCN(CC(=O)N/N=C/c2ccc(O)cc2)[C@H]3CCC1. The van der Waals surface area contributed by atoms with Gasteiger partial charge in [0.05, 0.1) is 18.8 Å².